The highest BCUT2D eigenvalue weighted by Crippen LogP contribution is 2.45. The first-order chi connectivity index (χ1) is 11.7. The normalized spacial score (nSPS) is 21.8. The van der Waals surface area contributed by atoms with Gasteiger partial charge in [-0.2, -0.15) is 5.10 Å². The molecule has 2 aliphatic rings. The number of hydrogen-bond donors (Lipinski definition) is 2. The van der Waals surface area contributed by atoms with Gasteiger partial charge in [0.25, 0.3) is 0 Å². The molecule has 2 N–H and O–H groups in total. The van der Waals surface area contributed by atoms with Gasteiger partial charge in [0.15, 0.2) is 0 Å². The SMILES string of the molecule is CN1C(=O)C2(CC2)NC1c1ccc(-c2ccc3[nH]ncc3c2)cc1. The maximum absolute atomic E-state index is 12.3. The molecule has 120 valence electrons. The van der Waals surface area contributed by atoms with Crippen molar-refractivity contribution in [2.45, 2.75) is 24.5 Å². The molecule has 0 radical (unpaired) electrons. The van der Waals surface area contributed by atoms with Crippen molar-refractivity contribution in [1.29, 1.82) is 0 Å². The number of likely N-dealkylation sites (N-methyl/N-ethyl adjacent to an activating group) is 1. The lowest BCUT2D eigenvalue weighted by Crippen LogP contribution is -2.30. The fraction of sp³-hybridized carbons (Fsp3) is 0.263. The van der Waals surface area contributed by atoms with Gasteiger partial charge in [-0.25, -0.2) is 0 Å². The smallest absolute Gasteiger partial charge is 0.244 e. The van der Waals surface area contributed by atoms with Crippen LogP contribution < -0.4 is 5.32 Å². The number of nitrogens with one attached hydrogen (secondary N) is 2. The van der Waals surface area contributed by atoms with Crippen molar-refractivity contribution in [3.63, 3.8) is 0 Å². The molecule has 1 atom stereocenters. The molecule has 2 fully saturated rings. The van der Waals surface area contributed by atoms with Gasteiger partial charge in [0.1, 0.15) is 11.7 Å². The van der Waals surface area contributed by atoms with Gasteiger partial charge in [-0.15, -0.1) is 0 Å². The molecule has 2 heterocycles. The quantitative estimate of drug-likeness (QED) is 0.764. The molecule has 3 aromatic rings. The lowest BCUT2D eigenvalue weighted by molar-refractivity contribution is -0.129. The molecule has 5 heteroatoms. The van der Waals surface area contributed by atoms with Crippen molar-refractivity contribution in [3.8, 4) is 11.1 Å². The average molecular weight is 318 g/mol. The van der Waals surface area contributed by atoms with Crippen LogP contribution in [0.1, 0.15) is 24.6 Å². The number of aromatic amines is 1. The van der Waals surface area contributed by atoms with Crippen LogP contribution >= 0.6 is 0 Å². The van der Waals surface area contributed by atoms with Crippen LogP contribution in [0.3, 0.4) is 0 Å². The first-order valence-corrected chi connectivity index (χ1v) is 8.25. The van der Waals surface area contributed by atoms with E-state index in [2.05, 4.69) is 51.9 Å². The molecule has 2 aromatic carbocycles. The van der Waals surface area contributed by atoms with Crippen LogP contribution in [0.25, 0.3) is 22.0 Å². The number of hydrogen-bond acceptors (Lipinski definition) is 3. The monoisotopic (exact) mass is 318 g/mol. The Balaban J connectivity index is 1.46. The van der Waals surface area contributed by atoms with Crippen LogP contribution in [0.2, 0.25) is 0 Å². The minimum Gasteiger partial charge on any atom is -0.324 e. The van der Waals surface area contributed by atoms with Gasteiger partial charge in [0, 0.05) is 12.4 Å². The largest absolute Gasteiger partial charge is 0.324 e. The van der Waals surface area contributed by atoms with Crippen LogP contribution in [0, 0.1) is 0 Å². The molecule has 1 aliphatic carbocycles. The first-order valence-electron chi connectivity index (χ1n) is 8.25. The second-order valence-electron chi connectivity index (χ2n) is 6.84. The maximum atomic E-state index is 12.3. The minimum absolute atomic E-state index is 0.0228. The van der Waals surface area contributed by atoms with Gasteiger partial charge < -0.3 is 4.90 Å². The summed E-state index contributed by atoms with van der Waals surface area (Å²) in [6.07, 6.45) is 3.72. The van der Waals surface area contributed by atoms with Gasteiger partial charge in [-0.05, 0) is 41.7 Å². The van der Waals surface area contributed by atoms with Crippen molar-refractivity contribution in [3.05, 3.63) is 54.2 Å². The lowest BCUT2D eigenvalue weighted by Gasteiger charge is -2.20. The van der Waals surface area contributed by atoms with E-state index >= 15 is 0 Å². The maximum Gasteiger partial charge on any atom is 0.244 e. The third-order valence-electron chi connectivity index (χ3n) is 5.28. The van der Waals surface area contributed by atoms with Crippen LogP contribution in [-0.4, -0.2) is 33.6 Å². The third-order valence-corrected chi connectivity index (χ3v) is 5.28. The van der Waals surface area contributed by atoms with E-state index in [-0.39, 0.29) is 17.6 Å². The Morgan fingerprint density at radius 3 is 2.58 bits per heavy atom. The van der Waals surface area contributed by atoms with Gasteiger partial charge in [0.05, 0.1) is 11.7 Å². The fourth-order valence-corrected chi connectivity index (χ4v) is 3.65. The molecule has 5 rings (SSSR count). The first kappa shape index (κ1) is 13.7. The van der Waals surface area contributed by atoms with Crippen molar-refractivity contribution in [2.75, 3.05) is 7.05 Å². The molecule has 1 aliphatic heterocycles. The number of H-pyrrole nitrogens is 1. The minimum atomic E-state index is -0.273. The van der Waals surface area contributed by atoms with Gasteiger partial charge in [-0.1, -0.05) is 30.3 Å². The molecule has 1 saturated carbocycles. The van der Waals surface area contributed by atoms with Crippen molar-refractivity contribution in [1.82, 2.24) is 20.4 Å². The Morgan fingerprint density at radius 1 is 1.12 bits per heavy atom. The Labute approximate surface area is 139 Å². The van der Waals surface area contributed by atoms with E-state index in [1.54, 1.807) is 0 Å². The number of amides is 1. The predicted octanol–water partition coefficient (Wildman–Crippen LogP) is 2.82. The molecular weight excluding hydrogens is 300 g/mol. The van der Waals surface area contributed by atoms with Crippen LogP contribution in [0.4, 0.5) is 0 Å². The summed E-state index contributed by atoms with van der Waals surface area (Å²) in [5.41, 5.74) is 4.22. The lowest BCUT2D eigenvalue weighted by atomic mass is 10.0. The molecular formula is C19H18N4O. The predicted molar refractivity (Wildman–Crippen MR) is 92.1 cm³/mol. The topological polar surface area (TPSA) is 61.0 Å². The zero-order valence-corrected chi connectivity index (χ0v) is 13.4. The van der Waals surface area contributed by atoms with Crippen molar-refractivity contribution < 1.29 is 4.79 Å². The highest BCUT2D eigenvalue weighted by Gasteiger charge is 2.58. The molecule has 1 unspecified atom stereocenters. The zero-order chi connectivity index (χ0) is 16.3. The second kappa shape index (κ2) is 4.68. The number of nitrogens with zero attached hydrogens (tertiary/aromatic N) is 2. The number of carbonyl (C=O) groups is 1. The standard InChI is InChI=1S/C19H18N4O/c1-23-17(21-19(8-9-19)18(23)24)13-4-2-12(3-5-13)14-6-7-16-15(10-14)11-20-22-16/h2-7,10-11,17,21H,8-9H2,1H3,(H,20,22). The van der Waals surface area contributed by atoms with E-state index in [9.17, 15) is 4.79 Å². The number of carbonyl (C=O) groups excluding carboxylic acids is 1. The summed E-state index contributed by atoms with van der Waals surface area (Å²) in [6, 6.07) is 14.7. The number of fused-ring (bicyclic) bond motifs is 1. The summed E-state index contributed by atoms with van der Waals surface area (Å²) in [5, 5.41) is 11.6. The number of aromatic nitrogens is 2. The van der Waals surface area contributed by atoms with E-state index in [1.165, 1.54) is 0 Å². The van der Waals surface area contributed by atoms with Crippen LogP contribution in [-0.2, 0) is 4.79 Å². The molecule has 1 aromatic heterocycles. The van der Waals surface area contributed by atoms with Gasteiger partial charge >= 0.3 is 0 Å². The summed E-state index contributed by atoms with van der Waals surface area (Å²) in [5.74, 6) is 0.224. The summed E-state index contributed by atoms with van der Waals surface area (Å²) >= 11 is 0. The highest BCUT2D eigenvalue weighted by molar-refractivity contribution is 5.91. The average Bonchev–Trinajstić information content (AvgIpc) is 3.18. The Bertz CT molecular complexity index is 939. The molecule has 24 heavy (non-hydrogen) atoms. The van der Waals surface area contributed by atoms with Gasteiger partial charge in [0.2, 0.25) is 5.91 Å². The van der Waals surface area contributed by atoms with E-state index in [1.807, 2.05) is 24.2 Å². The fourth-order valence-electron chi connectivity index (χ4n) is 3.65. The molecule has 1 amide bonds. The highest BCUT2D eigenvalue weighted by atomic mass is 16.2. The number of rotatable bonds is 2. The van der Waals surface area contributed by atoms with Crippen LogP contribution in [0.5, 0.6) is 0 Å². The summed E-state index contributed by atoms with van der Waals surface area (Å²) in [7, 11) is 1.88. The zero-order valence-electron chi connectivity index (χ0n) is 13.4. The number of benzene rings is 2. The second-order valence-corrected chi connectivity index (χ2v) is 6.84. The summed E-state index contributed by atoms with van der Waals surface area (Å²) < 4.78 is 0. The molecule has 5 nitrogen and oxygen atoms in total. The molecule has 1 saturated heterocycles. The Kier molecular flexibility index (Phi) is 2.68. The molecule has 0 bridgehead atoms. The summed E-state index contributed by atoms with van der Waals surface area (Å²) in [4.78, 5) is 14.1. The Morgan fingerprint density at radius 2 is 1.88 bits per heavy atom. The van der Waals surface area contributed by atoms with E-state index in [0.717, 1.165) is 40.4 Å². The van der Waals surface area contributed by atoms with E-state index in [0.29, 0.717) is 0 Å². The van der Waals surface area contributed by atoms with Crippen LogP contribution in [0.15, 0.2) is 48.7 Å². The van der Waals surface area contributed by atoms with E-state index in [4.69, 9.17) is 0 Å². The summed E-state index contributed by atoms with van der Waals surface area (Å²) in [6.45, 7) is 0. The van der Waals surface area contributed by atoms with Gasteiger partial charge in [-0.3, -0.25) is 15.2 Å². The third kappa shape index (κ3) is 1.91. The van der Waals surface area contributed by atoms with E-state index < -0.39 is 0 Å². The van der Waals surface area contributed by atoms with Crippen molar-refractivity contribution >= 4 is 16.8 Å². The molecule has 1 spiro atoms. The van der Waals surface area contributed by atoms with Crippen molar-refractivity contribution in [2.24, 2.45) is 0 Å². The Hall–Kier alpha value is -2.66.